The summed E-state index contributed by atoms with van der Waals surface area (Å²) in [6.45, 7) is 3.41. The number of hydrogen-bond donors (Lipinski definition) is 1. The molecular formula is C19H22N2O3S. The van der Waals surface area contributed by atoms with E-state index >= 15 is 0 Å². The van der Waals surface area contributed by atoms with Crippen molar-refractivity contribution in [3.8, 4) is 0 Å². The minimum Gasteiger partial charge on any atom is -0.338 e. The number of carbonyl (C=O) groups excluding carboxylic acids is 1. The van der Waals surface area contributed by atoms with Crippen LogP contribution in [0.15, 0.2) is 53.4 Å². The van der Waals surface area contributed by atoms with Crippen molar-refractivity contribution in [3.05, 3.63) is 65.2 Å². The van der Waals surface area contributed by atoms with Gasteiger partial charge in [-0.05, 0) is 36.6 Å². The molecule has 1 heterocycles. The normalized spacial score (nSPS) is 14.9. The van der Waals surface area contributed by atoms with Gasteiger partial charge in [0, 0.05) is 26.1 Å². The van der Waals surface area contributed by atoms with E-state index in [4.69, 9.17) is 0 Å². The van der Waals surface area contributed by atoms with Gasteiger partial charge in [-0.2, -0.15) is 0 Å². The molecule has 0 saturated carbocycles. The molecule has 0 atom stereocenters. The van der Waals surface area contributed by atoms with E-state index in [1.54, 1.807) is 24.3 Å². The van der Waals surface area contributed by atoms with Crippen LogP contribution in [-0.2, 0) is 27.9 Å². The summed E-state index contributed by atoms with van der Waals surface area (Å²) in [5.41, 5.74) is 2.88. The highest BCUT2D eigenvalue weighted by Crippen LogP contribution is 2.18. The predicted octanol–water partition coefficient (Wildman–Crippen LogP) is 2.60. The van der Waals surface area contributed by atoms with Gasteiger partial charge >= 0.3 is 0 Å². The number of hydrogen-bond acceptors (Lipinski definition) is 3. The molecule has 1 fully saturated rings. The van der Waals surface area contributed by atoms with Crippen LogP contribution in [0.1, 0.15) is 29.5 Å². The lowest BCUT2D eigenvalue weighted by Crippen LogP contribution is -2.27. The molecule has 1 saturated heterocycles. The first-order valence-corrected chi connectivity index (χ1v) is 9.85. The van der Waals surface area contributed by atoms with E-state index in [0.29, 0.717) is 13.0 Å². The molecule has 3 rings (SSSR count). The first-order valence-electron chi connectivity index (χ1n) is 8.36. The Morgan fingerprint density at radius 2 is 1.72 bits per heavy atom. The van der Waals surface area contributed by atoms with Crippen LogP contribution in [0.25, 0.3) is 0 Å². The summed E-state index contributed by atoms with van der Waals surface area (Å²) in [7, 11) is -3.56. The lowest BCUT2D eigenvalue weighted by atomic mass is 10.1. The molecule has 0 spiro atoms. The highest BCUT2D eigenvalue weighted by atomic mass is 32.2. The Morgan fingerprint density at radius 1 is 1.04 bits per heavy atom. The van der Waals surface area contributed by atoms with Crippen LogP contribution in [0.4, 0.5) is 0 Å². The zero-order valence-corrected chi connectivity index (χ0v) is 15.1. The van der Waals surface area contributed by atoms with Crippen LogP contribution >= 0.6 is 0 Å². The van der Waals surface area contributed by atoms with Gasteiger partial charge in [-0.25, -0.2) is 13.1 Å². The van der Waals surface area contributed by atoms with Gasteiger partial charge in [-0.3, -0.25) is 4.79 Å². The van der Waals surface area contributed by atoms with Crippen molar-refractivity contribution in [1.82, 2.24) is 9.62 Å². The summed E-state index contributed by atoms with van der Waals surface area (Å²) in [6.07, 6.45) is 1.49. The fourth-order valence-corrected chi connectivity index (χ4v) is 3.94. The van der Waals surface area contributed by atoms with Gasteiger partial charge in [-0.1, -0.05) is 42.0 Å². The molecular weight excluding hydrogens is 336 g/mol. The maximum absolute atomic E-state index is 12.4. The topological polar surface area (TPSA) is 66.5 Å². The zero-order valence-electron chi connectivity index (χ0n) is 14.2. The third-order valence-corrected chi connectivity index (χ3v) is 5.85. The van der Waals surface area contributed by atoms with Gasteiger partial charge in [0.25, 0.3) is 0 Å². The summed E-state index contributed by atoms with van der Waals surface area (Å²) >= 11 is 0. The Morgan fingerprint density at radius 3 is 2.36 bits per heavy atom. The number of nitrogens with zero attached hydrogens (tertiary/aromatic N) is 1. The molecule has 6 heteroatoms. The molecule has 25 heavy (non-hydrogen) atoms. The van der Waals surface area contributed by atoms with E-state index in [1.807, 2.05) is 36.1 Å². The molecule has 5 nitrogen and oxygen atoms in total. The van der Waals surface area contributed by atoms with Crippen molar-refractivity contribution in [3.63, 3.8) is 0 Å². The molecule has 1 amide bonds. The number of sulfonamides is 1. The third-order valence-electron chi connectivity index (χ3n) is 4.43. The third kappa shape index (κ3) is 4.27. The number of amides is 1. The van der Waals surface area contributed by atoms with E-state index < -0.39 is 10.0 Å². The zero-order chi connectivity index (χ0) is 17.9. The van der Waals surface area contributed by atoms with Crippen molar-refractivity contribution in [2.75, 3.05) is 6.54 Å². The van der Waals surface area contributed by atoms with Crippen molar-refractivity contribution in [2.24, 2.45) is 0 Å². The Balaban J connectivity index is 1.72. The maximum Gasteiger partial charge on any atom is 0.240 e. The van der Waals surface area contributed by atoms with E-state index in [-0.39, 0.29) is 17.3 Å². The van der Waals surface area contributed by atoms with E-state index in [0.717, 1.165) is 29.7 Å². The van der Waals surface area contributed by atoms with Gasteiger partial charge in [0.2, 0.25) is 15.9 Å². The number of likely N-dealkylation sites (tertiary alicyclic amines) is 1. The van der Waals surface area contributed by atoms with E-state index in [1.165, 1.54) is 0 Å². The molecule has 2 aromatic carbocycles. The highest BCUT2D eigenvalue weighted by molar-refractivity contribution is 7.89. The monoisotopic (exact) mass is 358 g/mol. The highest BCUT2D eigenvalue weighted by Gasteiger charge is 2.21. The van der Waals surface area contributed by atoms with Gasteiger partial charge in [-0.15, -0.1) is 0 Å². The lowest BCUT2D eigenvalue weighted by molar-refractivity contribution is -0.128. The van der Waals surface area contributed by atoms with Crippen molar-refractivity contribution in [2.45, 2.75) is 37.8 Å². The Hall–Kier alpha value is -2.18. The summed E-state index contributed by atoms with van der Waals surface area (Å²) in [5.74, 6) is 0.162. The smallest absolute Gasteiger partial charge is 0.240 e. The number of carbonyl (C=O) groups is 1. The Bertz CT molecular complexity index is 860. The van der Waals surface area contributed by atoms with E-state index in [2.05, 4.69) is 4.72 Å². The Kier molecular flexibility index (Phi) is 5.20. The quantitative estimate of drug-likeness (QED) is 0.863. The average molecular weight is 358 g/mol. The summed E-state index contributed by atoms with van der Waals surface area (Å²) in [6, 6.07) is 14.4. The maximum atomic E-state index is 12.4. The minimum atomic E-state index is -3.56. The van der Waals surface area contributed by atoms with Gasteiger partial charge in [0.15, 0.2) is 0 Å². The van der Waals surface area contributed by atoms with Crippen LogP contribution in [-0.4, -0.2) is 25.8 Å². The fourth-order valence-electron chi connectivity index (χ4n) is 2.93. The average Bonchev–Trinajstić information content (AvgIpc) is 2.99. The van der Waals surface area contributed by atoms with Crippen LogP contribution in [0, 0.1) is 6.92 Å². The molecule has 2 aromatic rings. The van der Waals surface area contributed by atoms with Gasteiger partial charge in [0.1, 0.15) is 0 Å². The first-order chi connectivity index (χ1) is 12.0. The lowest BCUT2D eigenvalue weighted by Gasteiger charge is -2.18. The van der Waals surface area contributed by atoms with Crippen LogP contribution in [0.3, 0.4) is 0 Å². The van der Waals surface area contributed by atoms with E-state index in [9.17, 15) is 13.2 Å². The molecule has 1 N–H and O–H groups in total. The molecule has 1 aliphatic rings. The first kappa shape index (κ1) is 17.6. The van der Waals surface area contributed by atoms with Gasteiger partial charge < -0.3 is 4.90 Å². The van der Waals surface area contributed by atoms with Crippen molar-refractivity contribution >= 4 is 15.9 Å². The summed E-state index contributed by atoms with van der Waals surface area (Å²) < 4.78 is 27.6. The second kappa shape index (κ2) is 7.37. The predicted molar refractivity (Wildman–Crippen MR) is 96.3 cm³/mol. The largest absolute Gasteiger partial charge is 0.338 e. The van der Waals surface area contributed by atoms with Crippen molar-refractivity contribution in [1.29, 1.82) is 0 Å². The number of benzene rings is 2. The van der Waals surface area contributed by atoms with Crippen LogP contribution in [0.2, 0.25) is 0 Å². The minimum absolute atomic E-state index is 0.162. The van der Waals surface area contributed by atoms with Crippen molar-refractivity contribution < 1.29 is 13.2 Å². The standard InChI is InChI=1S/C19H22N2O3S/c1-15-8-10-18(11-9-15)25(23,24)20-13-16-5-2-3-6-17(16)14-21-12-4-7-19(21)22/h2-3,5-6,8-11,20H,4,7,12-14H2,1H3. The summed E-state index contributed by atoms with van der Waals surface area (Å²) in [5, 5.41) is 0. The van der Waals surface area contributed by atoms with Crippen LogP contribution in [0.5, 0.6) is 0 Å². The second-order valence-electron chi connectivity index (χ2n) is 6.33. The number of nitrogens with one attached hydrogen (secondary N) is 1. The second-order valence-corrected chi connectivity index (χ2v) is 8.09. The van der Waals surface area contributed by atoms with Crippen LogP contribution < -0.4 is 4.72 Å². The molecule has 0 radical (unpaired) electrons. The molecule has 0 unspecified atom stereocenters. The molecule has 0 aliphatic carbocycles. The molecule has 0 aromatic heterocycles. The SMILES string of the molecule is Cc1ccc(S(=O)(=O)NCc2ccccc2CN2CCCC2=O)cc1. The Labute approximate surface area is 148 Å². The summed E-state index contributed by atoms with van der Waals surface area (Å²) in [4.78, 5) is 13.9. The molecule has 1 aliphatic heterocycles. The molecule has 132 valence electrons. The number of aryl methyl sites for hydroxylation is 1. The molecule has 0 bridgehead atoms. The van der Waals surface area contributed by atoms with Gasteiger partial charge in [0.05, 0.1) is 4.90 Å². The number of rotatable bonds is 6. The fraction of sp³-hybridized carbons (Fsp3) is 0.316.